The summed E-state index contributed by atoms with van der Waals surface area (Å²) >= 11 is 3.14. The van der Waals surface area contributed by atoms with Crippen LogP contribution in [0, 0.1) is 0 Å². The van der Waals surface area contributed by atoms with Crippen molar-refractivity contribution in [1.29, 1.82) is 0 Å². The zero-order valence-electron chi connectivity index (χ0n) is 17.9. The van der Waals surface area contributed by atoms with Gasteiger partial charge in [0.15, 0.2) is 5.16 Å². The summed E-state index contributed by atoms with van der Waals surface area (Å²) in [5.41, 5.74) is 1.89. The third kappa shape index (κ3) is 4.56. The van der Waals surface area contributed by atoms with Crippen LogP contribution in [0.25, 0.3) is 10.9 Å². The number of hydrogen-bond acceptors (Lipinski definition) is 6. The molecule has 3 aromatic rings. The van der Waals surface area contributed by atoms with Gasteiger partial charge in [-0.05, 0) is 48.4 Å². The molecule has 0 saturated carbocycles. The number of benzene rings is 1. The number of thioether (sulfide) groups is 1. The van der Waals surface area contributed by atoms with Gasteiger partial charge in [-0.1, -0.05) is 30.8 Å². The summed E-state index contributed by atoms with van der Waals surface area (Å²) in [6.45, 7) is 3.96. The van der Waals surface area contributed by atoms with Crippen LogP contribution in [0.3, 0.4) is 0 Å². The van der Waals surface area contributed by atoms with Gasteiger partial charge < -0.3 is 9.64 Å². The monoisotopic (exact) mass is 457 g/mol. The molecule has 2 aromatic heterocycles. The molecule has 0 aliphatic carbocycles. The zero-order valence-corrected chi connectivity index (χ0v) is 19.5. The summed E-state index contributed by atoms with van der Waals surface area (Å²) in [4.78, 5) is 34.3. The Morgan fingerprint density at radius 2 is 2.16 bits per heavy atom. The minimum Gasteiger partial charge on any atom is -0.385 e. The van der Waals surface area contributed by atoms with Gasteiger partial charge in [0.25, 0.3) is 5.56 Å². The highest BCUT2D eigenvalue weighted by atomic mass is 32.2. The summed E-state index contributed by atoms with van der Waals surface area (Å²) in [5, 5.41) is 3.31. The highest BCUT2D eigenvalue weighted by Crippen LogP contribution is 2.35. The zero-order chi connectivity index (χ0) is 21.8. The maximum absolute atomic E-state index is 13.2. The van der Waals surface area contributed by atoms with Crippen molar-refractivity contribution in [2.45, 2.75) is 43.9 Å². The molecular weight excluding hydrogens is 430 g/mol. The largest absolute Gasteiger partial charge is 0.385 e. The lowest BCUT2D eigenvalue weighted by Gasteiger charge is -2.35. The molecule has 0 radical (unpaired) electrons. The van der Waals surface area contributed by atoms with Crippen molar-refractivity contribution in [3.05, 3.63) is 56.5 Å². The Hall–Kier alpha value is -2.16. The highest BCUT2D eigenvalue weighted by molar-refractivity contribution is 7.99. The van der Waals surface area contributed by atoms with Gasteiger partial charge in [-0.2, -0.15) is 0 Å². The first-order valence-electron chi connectivity index (χ1n) is 10.6. The summed E-state index contributed by atoms with van der Waals surface area (Å²) in [6.07, 6.45) is 2.52. The number of ether oxygens (including phenoxy) is 1. The minimum atomic E-state index is -0.0658. The number of methoxy groups -OCH3 is 1. The fourth-order valence-corrected chi connectivity index (χ4v) is 6.01. The van der Waals surface area contributed by atoms with Crippen molar-refractivity contribution < 1.29 is 9.53 Å². The predicted molar refractivity (Wildman–Crippen MR) is 126 cm³/mol. The van der Waals surface area contributed by atoms with Crippen LogP contribution >= 0.6 is 23.1 Å². The molecule has 1 aliphatic heterocycles. The number of rotatable bonds is 8. The Morgan fingerprint density at radius 3 is 2.97 bits per heavy atom. The van der Waals surface area contributed by atoms with Crippen LogP contribution in [0.5, 0.6) is 0 Å². The molecule has 164 valence electrons. The van der Waals surface area contributed by atoms with Gasteiger partial charge in [0, 0.05) is 31.7 Å². The van der Waals surface area contributed by atoms with Crippen molar-refractivity contribution in [2.75, 3.05) is 26.0 Å². The Morgan fingerprint density at radius 1 is 1.32 bits per heavy atom. The Bertz CT molecular complexity index is 1120. The molecule has 1 unspecified atom stereocenters. The van der Waals surface area contributed by atoms with Crippen molar-refractivity contribution >= 4 is 39.9 Å². The molecule has 1 aromatic carbocycles. The number of carbonyl (C=O) groups excluding carboxylic acids is 1. The SMILES string of the molecule is CCC1c2ccsc2CCN1C(=O)CSc1nc2ccccc2c(=O)n1CCCOC. The molecule has 1 aliphatic rings. The van der Waals surface area contributed by atoms with Gasteiger partial charge in [-0.15, -0.1) is 11.3 Å². The van der Waals surface area contributed by atoms with E-state index in [1.54, 1.807) is 29.1 Å². The molecule has 0 N–H and O–H groups in total. The molecule has 6 nitrogen and oxygen atoms in total. The van der Waals surface area contributed by atoms with E-state index in [0.29, 0.717) is 35.6 Å². The second-order valence-electron chi connectivity index (χ2n) is 7.56. The average Bonchev–Trinajstić information content (AvgIpc) is 3.27. The fraction of sp³-hybridized carbons (Fsp3) is 0.435. The quantitative estimate of drug-likeness (QED) is 0.289. The first kappa shape index (κ1) is 22.0. The molecule has 0 spiro atoms. The number of thiophene rings is 1. The number of aromatic nitrogens is 2. The standard InChI is InChI=1S/C23H27N3O3S2/c1-3-19-17-10-14-30-20(17)9-12-25(19)21(27)15-31-23-24-18-8-5-4-7-16(18)22(28)26(23)11-6-13-29-2/h4-5,7-8,10,14,19H,3,6,9,11-13,15H2,1-2H3. The van der Waals surface area contributed by atoms with Crippen LogP contribution in [0.2, 0.25) is 0 Å². The lowest BCUT2D eigenvalue weighted by Crippen LogP contribution is -2.40. The Balaban J connectivity index is 1.56. The fourth-order valence-electron chi connectivity index (χ4n) is 4.17. The second kappa shape index (κ2) is 9.97. The van der Waals surface area contributed by atoms with E-state index in [-0.39, 0.29) is 23.3 Å². The van der Waals surface area contributed by atoms with Gasteiger partial charge in [0.1, 0.15) is 0 Å². The molecule has 3 heterocycles. The summed E-state index contributed by atoms with van der Waals surface area (Å²) in [6, 6.07) is 9.66. The third-order valence-electron chi connectivity index (χ3n) is 5.68. The smallest absolute Gasteiger partial charge is 0.262 e. The number of amides is 1. The second-order valence-corrected chi connectivity index (χ2v) is 9.51. The van der Waals surface area contributed by atoms with Gasteiger partial charge in [-0.25, -0.2) is 4.98 Å². The average molecular weight is 458 g/mol. The van der Waals surface area contributed by atoms with Crippen molar-refractivity contribution in [3.8, 4) is 0 Å². The van der Waals surface area contributed by atoms with Gasteiger partial charge in [0.05, 0.1) is 22.7 Å². The maximum Gasteiger partial charge on any atom is 0.262 e. The molecule has 1 atom stereocenters. The van der Waals surface area contributed by atoms with Crippen LogP contribution in [0.4, 0.5) is 0 Å². The molecule has 0 saturated heterocycles. The van der Waals surface area contributed by atoms with E-state index < -0.39 is 0 Å². The molecule has 1 amide bonds. The molecule has 4 rings (SSSR count). The summed E-state index contributed by atoms with van der Waals surface area (Å²) < 4.78 is 6.84. The van der Waals surface area contributed by atoms with E-state index >= 15 is 0 Å². The van der Waals surface area contributed by atoms with Crippen LogP contribution in [-0.4, -0.2) is 46.4 Å². The Labute approximate surface area is 190 Å². The van der Waals surface area contributed by atoms with Crippen LogP contribution < -0.4 is 5.56 Å². The highest BCUT2D eigenvalue weighted by Gasteiger charge is 2.30. The molecular formula is C23H27N3O3S2. The van der Waals surface area contributed by atoms with Crippen LogP contribution in [0.1, 0.15) is 36.2 Å². The van der Waals surface area contributed by atoms with Crippen LogP contribution in [0.15, 0.2) is 45.7 Å². The summed E-state index contributed by atoms with van der Waals surface area (Å²) in [5.74, 6) is 0.366. The number of hydrogen-bond donors (Lipinski definition) is 0. The van der Waals surface area contributed by atoms with Crippen molar-refractivity contribution in [1.82, 2.24) is 14.5 Å². The van der Waals surface area contributed by atoms with E-state index in [9.17, 15) is 9.59 Å². The van der Waals surface area contributed by atoms with Crippen molar-refractivity contribution in [2.24, 2.45) is 0 Å². The van der Waals surface area contributed by atoms with Gasteiger partial charge >= 0.3 is 0 Å². The summed E-state index contributed by atoms with van der Waals surface area (Å²) in [7, 11) is 1.65. The van der Waals surface area contributed by atoms with Crippen LogP contribution in [-0.2, 0) is 22.5 Å². The van der Waals surface area contributed by atoms with E-state index in [1.165, 1.54) is 22.2 Å². The van der Waals surface area contributed by atoms with Gasteiger partial charge in [-0.3, -0.25) is 14.2 Å². The number of fused-ring (bicyclic) bond motifs is 2. The van der Waals surface area contributed by atoms with E-state index in [0.717, 1.165) is 19.4 Å². The van der Waals surface area contributed by atoms with Gasteiger partial charge in [0.2, 0.25) is 5.91 Å². The van der Waals surface area contributed by atoms with Crippen molar-refractivity contribution in [3.63, 3.8) is 0 Å². The molecule has 0 bridgehead atoms. The van der Waals surface area contributed by atoms with E-state index in [1.807, 2.05) is 23.1 Å². The van der Waals surface area contributed by atoms with E-state index in [4.69, 9.17) is 9.72 Å². The minimum absolute atomic E-state index is 0.0658. The topological polar surface area (TPSA) is 64.4 Å². The number of para-hydroxylation sites is 1. The predicted octanol–water partition coefficient (Wildman–Crippen LogP) is 4.12. The lowest BCUT2D eigenvalue weighted by molar-refractivity contribution is -0.131. The molecule has 0 fully saturated rings. The number of nitrogens with zero attached hydrogens (tertiary/aromatic N) is 3. The Kier molecular flexibility index (Phi) is 7.09. The number of carbonyl (C=O) groups is 1. The third-order valence-corrected chi connectivity index (χ3v) is 7.64. The lowest BCUT2D eigenvalue weighted by atomic mass is 9.98. The maximum atomic E-state index is 13.2. The van der Waals surface area contributed by atoms with E-state index in [2.05, 4.69) is 18.4 Å². The first-order chi connectivity index (χ1) is 15.1. The molecule has 31 heavy (non-hydrogen) atoms. The normalized spacial score (nSPS) is 15.9. The molecule has 8 heteroatoms. The first-order valence-corrected chi connectivity index (χ1v) is 12.5.